The van der Waals surface area contributed by atoms with Gasteiger partial charge in [0, 0.05) is 11.1 Å². The molecule has 176 valence electrons. The van der Waals surface area contributed by atoms with Crippen molar-refractivity contribution >= 4 is 5.57 Å². The van der Waals surface area contributed by atoms with Crippen LogP contribution in [-0.4, -0.2) is 0 Å². The first kappa shape index (κ1) is 24.1. The van der Waals surface area contributed by atoms with Crippen LogP contribution in [0.15, 0.2) is 73.3 Å². The number of rotatable bonds is 8. The third kappa shape index (κ3) is 5.19. The number of hydrogen-bond acceptors (Lipinski definition) is 0. The SMILES string of the molecule is C=CC1CC=C(c2ccc(-c3ccc(-c4ccc(CCCCC)c(F)c4F)cc3)c(F)c2)CC1. The van der Waals surface area contributed by atoms with Gasteiger partial charge in [0.25, 0.3) is 0 Å². The van der Waals surface area contributed by atoms with E-state index in [4.69, 9.17) is 0 Å². The van der Waals surface area contributed by atoms with Crippen molar-refractivity contribution in [1.29, 1.82) is 0 Å². The highest BCUT2D eigenvalue weighted by atomic mass is 19.2. The molecule has 0 N–H and O–H groups in total. The van der Waals surface area contributed by atoms with Crippen LogP contribution in [0.25, 0.3) is 27.8 Å². The summed E-state index contributed by atoms with van der Waals surface area (Å²) in [5.74, 6) is -1.37. The van der Waals surface area contributed by atoms with E-state index >= 15 is 0 Å². The monoisotopic (exact) mass is 460 g/mol. The van der Waals surface area contributed by atoms with E-state index < -0.39 is 11.6 Å². The van der Waals surface area contributed by atoms with Gasteiger partial charge in [-0.05, 0) is 71.9 Å². The summed E-state index contributed by atoms with van der Waals surface area (Å²) in [5, 5.41) is 0. The molecule has 34 heavy (non-hydrogen) atoms. The Morgan fingerprint density at radius 3 is 2.15 bits per heavy atom. The second-order valence-corrected chi connectivity index (χ2v) is 9.13. The Kier molecular flexibility index (Phi) is 7.72. The van der Waals surface area contributed by atoms with Crippen molar-refractivity contribution in [3.8, 4) is 22.3 Å². The second kappa shape index (κ2) is 10.9. The lowest BCUT2D eigenvalue weighted by Gasteiger charge is -2.19. The smallest absolute Gasteiger partial charge is 0.166 e. The minimum absolute atomic E-state index is 0.223. The lowest BCUT2D eigenvalue weighted by Crippen LogP contribution is -2.02. The van der Waals surface area contributed by atoms with Gasteiger partial charge >= 0.3 is 0 Å². The van der Waals surface area contributed by atoms with E-state index in [9.17, 15) is 13.2 Å². The summed E-state index contributed by atoms with van der Waals surface area (Å²) in [6.07, 6.45) is 10.5. The fourth-order valence-electron chi connectivity index (χ4n) is 4.68. The van der Waals surface area contributed by atoms with Crippen molar-refractivity contribution in [2.24, 2.45) is 5.92 Å². The van der Waals surface area contributed by atoms with Gasteiger partial charge in [-0.25, -0.2) is 13.2 Å². The van der Waals surface area contributed by atoms with Crippen molar-refractivity contribution in [1.82, 2.24) is 0 Å². The number of allylic oxidation sites excluding steroid dienone is 3. The Hall–Kier alpha value is -3.07. The van der Waals surface area contributed by atoms with Crippen molar-refractivity contribution in [2.45, 2.75) is 51.9 Å². The molecule has 0 bridgehead atoms. The standard InChI is InChI=1S/C31H31F3/c1-3-5-6-7-25-16-19-28(31(34)30(25)33)24-14-12-23(13-15-24)27-18-17-26(20-29(27)32)22-10-8-21(4-2)9-11-22/h4,10,12-21H,2-3,5-9,11H2,1H3. The van der Waals surface area contributed by atoms with Crippen molar-refractivity contribution in [3.63, 3.8) is 0 Å². The van der Waals surface area contributed by atoms with Crippen molar-refractivity contribution < 1.29 is 13.2 Å². The Bertz CT molecular complexity index is 1190. The summed E-state index contributed by atoms with van der Waals surface area (Å²) in [6, 6.07) is 15.6. The van der Waals surface area contributed by atoms with Gasteiger partial charge in [0.15, 0.2) is 11.6 Å². The van der Waals surface area contributed by atoms with Crippen LogP contribution in [-0.2, 0) is 6.42 Å². The highest BCUT2D eigenvalue weighted by molar-refractivity contribution is 5.74. The highest BCUT2D eigenvalue weighted by Gasteiger charge is 2.16. The molecule has 1 aliphatic carbocycles. The molecule has 0 nitrogen and oxygen atoms in total. The molecule has 0 fully saturated rings. The van der Waals surface area contributed by atoms with Gasteiger partial charge in [-0.3, -0.25) is 0 Å². The van der Waals surface area contributed by atoms with E-state index in [1.54, 1.807) is 48.5 Å². The Morgan fingerprint density at radius 2 is 1.53 bits per heavy atom. The van der Waals surface area contributed by atoms with E-state index in [1.807, 2.05) is 12.1 Å². The topological polar surface area (TPSA) is 0 Å². The fraction of sp³-hybridized carbons (Fsp3) is 0.290. The predicted octanol–water partition coefficient (Wildman–Crippen LogP) is 9.54. The predicted molar refractivity (Wildman–Crippen MR) is 136 cm³/mol. The van der Waals surface area contributed by atoms with Gasteiger partial charge in [-0.15, -0.1) is 6.58 Å². The molecule has 0 radical (unpaired) electrons. The molecule has 0 saturated carbocycles. The molecule has 4 rings (SSSR count). The maximum absolute atomic E-state index is 15.0. The maximum atomic E-state index is 15.0. The van der Waals surface area contributed by atoms with Crippen LogP contribution in [0.3, 0.4) is 0 Å². The summed E-state index contributed by atoms with van der Waals surface area (Å²) in [7, 11) is 0. The molecular weight excluding hydrogens is 429 g/mol. The average molecular weight is 461 g/mol. The molecule has 0 heterocycles. The van der Waals surface area contributed by atoms with Gasteiger partial charge < -0.3 is 0 Å². The molecule has 1 atom stereocenters. The summed E-state index contributed by atoms with van der Waals surface area (Å²) in [5.41, 5.74) is 4.50. The van der Waals surface area contributed by atoms with Crippen LogP contribution < -0.4 is 0 Å². The van der Waals surface area contributed by atoms with Gasteiger partial charge in [0.05, 0.1) is 0 Å². The van der Waals surface area contributed by atoms with Gasteiger partial charge in [-0.1, -0.05) is 80.4 Å². The lowest BCUT2D eigenvalue weighted by molar-refractivity contribution is 0.498. The zero-order valence-corrected chi connectivity index (χ0v) is 19.7. The maximum Gasteiger partial charge on any atom is 0.166 e. The Morgan fingerprint density at radius 1 is 0.853 bits per heavy atom. The minimum atomic E-state index is -0.822. The molecular formula is C31H31F3. The molecule has 1 aliphatic rings. The van der Waals surface area contributed by atoms with E-state index in [0.29, 0.717) is 34.6 Å². The van der Waals surface area contributed by atoms with E-state index in [2.05, 4.69) is 19.6 Å². The summed E-state index contributed by atoms with van der Waals surface area (Å²) in [4.78, 5) is 0. The fourth-order valence-corrected chi connectivity index (χ4v) is 4.68. The van der Waals surface area contributed by atoms with Gasteiger partial charge in [0.1, 0.15) is 5.82 Å². The van der Waals surface area contributed by atoms with Crippen LogP contribution in [0.4, 0.5) is 13.2 Å². The molecule has 1 unspecified atom stereocenters. The van der Waals surface area contributed by atoms with Crippen LogP contribution in [0.1, 0.15) is 56.6 Å². The van der Waals surface area contributed by atoms with Crippen LogP contribution >= 0.6 is 0 Å². The zero-order chi connectivity index (χ0) is 24.1. The van der Waals surface area contributed by atoms with Gasteiger partial charge in [-0.2, -0.15) is 0 Å². The quantitative estimate of drug-likeness (QED) is 0.232. The number of unbranched alkanes of at least 4 members (excludes halogenated alkanes) is 2. The lowest BCUT2D eigenvalue weighted by atomic mass is 9.86. The number of hydrogen-bond donors (Lipinski definition) is 0. The van der Waals surface area contributed by atoms with E-state index in [0.717, 1.165) is 44.1 Å². The van der Waals surface area contributed by atoms with E-state index in [1.165, 1.54) is 5.57 Å². The zero-order valence-electron chi connectivity index (χ0n) is 19.7. The summed E-state index contributed by atoms with van der Waals surface area (Å²) < 4.78 is 44.3. The van der Waals surface area contributed by atoms with E-state index in [-0.39, 0.29) is 11.4 Å². The summed E-state index contributed by atoms with van der Waals surface area (Å²) >= 11 is 0. The first-order chi connectivity index (χ1) is 16.5. The number of halogens is 3. The van der Waals surface area contributed by atoms with Crippen molar-refractivity contribution in [2.75, 3.05) is 0 Å². The first-order valence-electron chi connectivity index (χ1n) is 12.2. The molecule has 0 spiro atoms. The minimum Gasteiger partial charge on any atom is -0.206 e. The largest absolute Gasteiger partial charge is 0.206 e. The van der Waals surface area contributed by atoms with Crippen LogP contribution in [0, 0.1) is 23.4 Å². The number of aryl methyl sites for hydroxylation is 1. The number of benzene rings is 3. The van der Waals surface area contributed by atoms with Gasteiger partial charge in [0.2, 0.25) is 0 Å². The highest BCUT2D eigenvalue weighted by Crippen LogP contribution is 2.34. The average Bonchev–Trinajstić information content (AvgIpc) is 2.87. The molecule has 0 aliphatic heterocycles. The van der Waals surface area contributed by atoms with Crippen molar-refractivity contribution in [3.05, 3.63) is 102 Å². The molecule has 0 amide bonds. The Balaban J connectivity index is 1.53. The molecule has 3 aromatic carbocycles. The second-order valence-electron chi connectivity index (χ2n) is 9.13. The van der Waals surface area contributed by atoms with Crippen LogP contribution in [0.2, 0.25) is 0 Å². The third-order valence-electron chi connectivity index (χ3n) is 6.84. The molecule has 0 saturated heterocycles. The first-order valence-corrected chi connectivity index (χ1v) is 12.2. The normalized spacial score (nSPS) is 15.8. The Labute approximate surface area is 200 Å². The molecule has 3 heteroatoms. The third-order valence-corrected chi connectivity index (χ3v) is 6.84. The summed E-state index contributed by atoms with van der Waals surface area (Å²) in [6.45, 7) is 5.94. The molecule has 0 aromatic heterocycles. The van der Waals surface area contributed by atoms with Crippen LogP contribution in [0.5, 0.6) is 0 Å². The molecule has 3 aromatic rings.